The maximum Gasteiger partial charge on any atom is 0.191 e. The van der Waals surface area contributed by atoms with E-state index < -0.39 is 0 Å². The first-order chi connectivity index (χ1) is 11.2. The highest BCUT2D eigenvalue weighted by atomic mass is 127. The summed E-state index contributed by atoms with van der Waals surface area (Å²) in [5.41, 5.74) is 2.54. The quantitative estimate of drug-likeness (QED) is 0.334. The minimum absolute atomic E-state index is 0. The molecule has 1 heterocycles. The molecule has 0 saturated carbocycles. The van der Waals surface area contributed by atoms with Gasteiger partial charge in [-0.05, 0) is 38.6 Å². The van der Waals surface area contributed by atoms with Crippen molar-refractivity contribution < 1.29 is 0 Å². The van der Waals surface area contributed by atoms with Crippen LogP contribution < -0.4 is 10.6 Å². The summed E-state index contributed by atoms with van der Waals surface area (Å²) in [4.78, 5) is 10.2. The lowest BCUT2D eigenvalue weighted by Crippen LogP contribution is -2.38. The van der Waals surface area contributed by atoms with Crippen molar-refractivity contribution in [3.8, 4) is 0 Å². The molecule has 2 rings (SSSR count). The van der Waals surface area contributed by atoms with Crippen molar-refractivity contribution in [3.63, 3.8) is 0 Å². The largest absolute Gasteiger partial charge is 0.361 e. The molecule has 1 aromatic heterocycles. The number of fused-ring (bicyclic) bond motifs is 1. The normalized spacial score (nSPS) is 11.6. The van der Waals surface area contributed by atoms with Crippen LogP contribution in [0.15, 0.2) is 35.5 Å². The van der Waals surface area contributed by atoms with E-state index in [9.17, 15) is 0 Å². The second kappa shape index (κ2) is 11.3. The molecule has 0 aliphatic heterocycles. The molecule has 0 radical (unpaired) electrons. The fourth-order valence-corrected chi connectivity index (χ4v) is 2.49. The average Bonchev–Trinajstić information content (AvgIpc) is 2.98. The lowest BCUT2D eigenvalue weighted by Gasteiger charge is -2.14. The highest BCUT2D eigenvalue weighted by Crippen LogP contribution is 2.17. The van der Waals surface area contributed by atoms with Crippen molar-refractivity contribution in [2.75, 3.05) is 39.8 Å². The Bertz CT molecular complexity index is 623. The summed E-state index contributed by atoms with van der Waals surface area (Å²) in [6.45, 7) is 8.85. The van der Waals surface area contributed by atoms with Crippen molar-refractivity contribution >= 4 is 40.8 Å². The van der Waals surface area contributed by atoms with Crippen LogP contribution in [-0.4, -0.2) is 55.6 Å². The van der Waals surface area contributed by atoms with Gasteiger partial charge in [0.05, 0.1) is 6.54 Å². The van der Waals surface area contributed by atoms with Gasteiger partial charge in [-0.15, -0.1) is 24.0 Å². The second-order valence-electron chi connectivity index (χ2n) is 5.69. The van der Waals surface area contributed by atoms with E-state index in [4.69, 9.17) is 0 Å². The Morgan fingerprint density at radius 3 is 2.75 bits per heavy atom. The van der Waals surface area contributed by atoms with Gasteiger partial charge in [-0.25, -0.2) is 0 Å². The van der Waals surface area contributed by atoms with Gasteiger partial charge in [-0.3, -0.25) is 4.99 Å². The van der Waals surface area contributed by atoms with Crippen LogP contribution in [0, 0.1) is 0 Å². The third kappa shape index (κ3) is 6.32. The Morgan fingerprint density at radius 1 is 1.21 bits per heavy atom. The molecule has 0 spiro atoms. The first kappa shape index (κ1) is 20.8. The van der Waals surface area contributed by atoms with E-state index in [2.05, 4.69) is 76.9 Å². The number of rotatable bonds is 8. The number of aromatic nitrogens is 1. The Hall–Kier alpha value is -1.28. The van der Waals surface area contributed by atoms with Crippen molar-refractivity contribution in [2.45, 2.75) is 20.3 Å². The first-order valence-electron chi connectivity index (χ1n) is 8.50. The number of aliphatic imine (C=N–C) groups is 1. The first-order valence-corrected chi connectivity index (χ1v) is 8.50. The van der Waals surface area contributed by atoms with E-state index in [1.807, 2.05) is 0 Å². The Kier molecular flexibility index (Phi) is 9.78. The van der Waals surface area contributed by atoms with Crippen LogP contribution in [0.25, 0.3) is 10.9 Å². The number of guanidine groups is 1. The summed E-state index contributed by atoms with van der Waals surface area (Å²) in [5.74, 6) is 0.900. The third-order valence-corrected chi connectivity index (χ3v) is 4.00. The Morgan fingerprint density at radius 2 is 2.00 bits per heavy atom. The Labute approximate surface area is 162 Å². The number of hydrogen-bond acceptors (Lipinski definition) is 2. The monoisotopic (exact) mass is 443 g/mol. The molecule has 1 aromatic carbocycles. The van der Waals surface area contributed by atoms with Gasteiger partial charge < -0.3 is 20.5 Å². The summed E-state index contributed by atoms with van der Waals surface area (Å²) in [5, 5.41) is 8.03. The van der Waals surface area contributed by atoms with E-state index >= 15 is 0 Å². The second-order valence-corrected chi connectivity index (χ2v) is 5.69. The zero-order chi connectivity index (χ0) is 16.5. The summed E-state index contributed by atoms with van der Waals surface area (Å²) in [6.07, 6.45) is 3.08. The van der Waals surface area contributed by atoms with Crippen LogP contribution in [0.4, 0.5) is 0 Å². The van der Waals surface area contributed by atoms with Gasteiger partial charge in [0.25, 0.3) is 0 Å². The number of H-pyrrole nitrogens is 1. The molecule has 2 aromatic rings. The summed E-state index contributed by atoms with van der Waals surface area (Å²) in [6, 6.07) is 8.43. The molecule has 0 saturated heterocycles. The number of nitrogens with zero attached hydrogens (tertiary/aromatic N) is 2. The predicted octanol–water partition coefficient (Wildman–Crippen LogP) is 2.84. The molecule has 0 aliphatic rings. The molecule has 0 aliphatic carbocycles. The van der Waals surface area contributed by atoms with Crippen LogP contribution in [0.1, 0.15) is 19.4 Å². The van der Waals surface area contributed by atoms with Gasteiger partial charge in [-0.1, -0.05) is 25.1 Å². The van der Waals surface area contributed by atoms with E-state index in [1.54, 1.807) is 0 Å². The molecule has 0 unspecified atom stereocenters. The molecule has 3 N–H and O–H groups in total. The van der Waals surface area contributed by atoms with Gasteiger partial charge in [0.15, 0.2) is 5.96 Å². The van der Waals surface area contributed by atoms with Gasteiger partial charge in [0.2, 0.25) is 0 Å². The fourth-order valence-electron chi connectivity index (χ4n) is 2.49. The van der Waals surface area contributed by atoms with Gasteiger partial charge in [-0.2, -0.15) is 0 Å². The summed E-state index contributed by atoms with van der Waals surface area (Å²) < 4.78 is 0. The van der Waals surface area contributed by atoms with Crippen LogP contribution in [0.3, 0.4) is 0 Å². The maximum absolute atomic E-state index is 4.63. The average molecular weight is 443 g/mol. The number of halogens is 1. The molecule has 134 valence electrons. The zero-order valence-electron chi connectivity index (χ0n) is 14.9. The molecular weight excluding hydrogens is 413 g/mol. The topological polar surface area (TPSA) is 55.5 Å². The van der Waals surface area contributed by atoms with E-state index in [1.165, 1.54) is 16.5 Å². The maximum atomic E-state index is 4.63. The third-order valence-electron chi connectivity index (χ3n) is 4.00. The number of para-hydroxylation sites is 1. The molecule has 5 nitrogen and oxygen atoms in total. The van der Waals surface area contributed by atoms with Gasteiger partial charge in [0, 0.05) is 36.7 Å². The van der Waals surface area contributed by atoms with Gasteiger partial charge >= 0.3 is 0 Å². The van der Waals surface area contributed by atoms with Crippen molar-refractivity contribution in [1.29, 1.82) is 0 Å². The van der Waals surface area contributed by atoms with E-state index in [0.29, 0.717) is 0 Å². The number of likely N-dealkylation sites (N-methyl/N-ethyl adjacent to an activating group) is 1. The predicted molar refractivity (Wildman–Crippen MR) is 115 cm³/mol. The Balaban J connectivity index is 0.00000288. The van der Waals surface area contributed by atoms with Crippen LogP contribution >= 0.6 is 24.0 Å². The lowest BCUT2D eigenvalue weighted by molar-refractivity contribution is 0.363. The highest BCUT2D eigenvalue weighted by Gasteiger charge is 2.03. The van der Waals surface area contributed by atoms with Crippen LogP contribution in [-0.2, 0) is 6.42 Å². The molecule has 6 heteroatoms. The number of benzene rings is 1. The number of aromatic amines is 1. The van der Waals surface area contributed by atoms with Crippen LogP contribution in [0.2, 0.25) is 0 Å². The van der Waals surface area contributed by atoms with E-state index in [0.717, 1.165) is 45.1 Å². The van der Waals surface area contributed by atoms with Crippen molar-refractivity contribution in [1.82, 2.24) is 20.5 Å². The van der Waals surface area contributed by atoms with Crippen LogP contribution in [0.5, 0.6) is 0 Å². The molecule has 24 heavy (non-hydrogen) atoms. The minimum Gasteiger partial charge on any atom is -0.361 e. The summed E-state index contributed by atoms with van der Waals surface area (Å²) in [7, 11) is 2.12. The highest BCUT2D eigenvalue weighted by molar-refractivity contribution is 14.0. The SMILES string of the molecule is CCNC(=NCCN(C)CC)NCCc1c[nH]c2ccccc12.I. The van der Waals surface area contributed by atoms with Gasteiger partial charge in [0.1, 0.15) is 0 Å². The lowest BCUT2D eigenvalue weighted by atomic mass is 10.1. The molecule has 0 amide bonds. The molecule has 0 bridgehead atoms. The summed E-state index contributed by atoms with van der Waals surface area (Å²) >= 11 is 0. The van der Waals surface area contributed by atoms with E-state index in [-0.39, 0.29) is 24.0 Å². The minimum atomic E-state index is 0. The molecule has 0 atom stereocenters. The molecule has 0 fully saturated rings. The zero-order valence-corrected chi connectivity index (χ0v) is 17.3. The fraction of sp³-hybridized carbons (Fsp3) is 0.500. The standard InChI is InChI=1S/C18H29N5.HI/c1-4-19-18(21-12-13-23(3)5-2)20-11-10-15-14-22-17-9-7-6-8-16(15)17;/h6-9,14,22H,4-5,10-13H2,1-3H3,(H2,19,20,21);1H. The van der Waals surface area contributed by atoms with Crippen molar-refractivity contribution in [3.05, 3.63) is 36.0 Å². The number of nitrogens with one attached hydrogen (secondary N) is 3. The smallest absolute Gasteiger partial charge is 0.191 e. The number of hydrogen-bond donors (Lipinski definition) is 3. The van der Waals surface area contributed by atoms with Crippen molar-refractivity contribution in [2.24, 2.45) is 4.99 Å². The molecular formula is C18H30IN5.